The average molecular weight is 271 g/mol. The molecule has 0 aliphatic carbocycles. The van der Waals surface area contributed by atoms with E-state index in [2.05, 4.69) is 0 Å². The summed E-state index contributed by atoms with van der Waals surface area (Å²) in [5.74, 6) is -1.24. The number of aliphatic hydroxyl groups is 1. The first kappa shape index (κ1) is 13.0. The van der Waals surface area contributed by atoms with Crippen molar-refractivity contribution in [2.75, 3.05) is 6.54 Å². The summed E-state index contributed by atoms with van der Waals surface area (Å²) in [5, 5.41) is 18.5. The van der Waals surface area contributed by atoms with Crippen molar-refractivity contribution in [3.05, 3.63) is 30.3 Å². The summed E-state index contributed by atoms with van der Waals surface area (Å²) in [6.45, 7) is -0.186. The Kier molecular flexibility index (Phi) is 3.38. The Morgan fingerprint density at radius 3 is 2.44 bits per heavy atom. The molecule has 0 radical (unpaired) electrons. The quantitative estimate of drug-likeness (QED) is 0.800. The second kappa shape index (κ2) is 4.68. The van der Waals surface area contributed by atoms with Gasteiger partial charge in [0.25, 0.3) is 0 Å². The summed E-state index contributed by atoms with van der Waals surface area (Å²) < 4.78 is 25.3. The van der Waals surface area contributed by atoms with Gasteiger partial charge in [0.1, 0.15) is 6.04 Å². The van der Waals surface area contributed by atoms with Crippen LogP contribution in [0.2, 0.25) is 0 Å². The van der Waals surface area contributed by atoms with E-state index in [4.69, 9.17) is 5.11 Å². The molecule has 2 N–H and O–H groups in total. The number of carbonyl (C=O) groups is 1. The number of aliphatic hydroxyl groups excluding tert-OH is 1. The molecule has 1 fully saturated rings. The summed E-state index contributed by atoms with van der Waals surface area (Å²) in [7, 11) is -3.87. The number of benzene rings is 1. The third-order valence-corrected chi connectivity index (χ3v) is 4.76. The molecule has 2 rings (SSSR count). The minimum Gasteiger partial charge on any atom is -0.480 e. The maximum atomic E-state index is 12.2. The number of nitrogens with zero attached hydrogens (tertiary/aromatic N) is 1. The molecule has 1 aromatic carbocycles. The van der Waals surface area contributed by atoms with Crippen LogP contribution in [0.5, 0.6) is 0 Å². The van der Waals surface area contributed by atoms with Crippen LogP contribution < -0.4 is 0 Å². The van der Waals surface area contributed by atoms with Gasteiger partial charge in [-0.25, -0.2) is 8.42 Å². The highest BCUT2D eigenvalue weighted by molar-refractivity contribution is 7.89. The van der Waals surface area contributed by atoms with E-state index in [-0.39, 0.29) is 17.9 Å². The minimum atomic E-state index is -3.87. The first-order chi connectivity index (χ1) is 8.43. The first-order valence-corrected chi connectivity index (χ1v) is 6.84. The Bertz CT molecular complexity index is 542. The van der Waals surface area contributed by atoms with Gasteiger partial charge in [0.05, 0.1) is 11.0 Å². The molecule has 1 saturated heterocycles. The molecule has 6 nitrogen and oxygen atoms in total. The second-order valence-corrected chi connectivity index (χ2v) is 6.02. The molecule has 1 aliphatic rings. The van der Waals surface area contributed by atoms with E-state index in [9.17, 15) is 18.3 Å². The van der Waals surface area contributed by atoms with Gasteiger partial charge in [0, 0.05) is 13.0 Å². The molecule has 98 valence electrons. The third kappa shape index (κ3) is 2.24. The first-order valence-electron chi connectivity index (χ1n) is 5.40. The number of carboxylic acid groups (broad SMARTS) is 1. The van der Waals surface area contributed by atoms with E-state index < -0.39 is 28.1 Å². The fourth-order valence-electron chi connectivity index (χ4n) is 2.00. The largest absolute Gasteiger partial charge is 0.480 e. The molecule has 1 unspecified atom stereocenters. The normalized spacial score (nSPS) is 25.2. The van der Waals surface area contributed by atoms with Crippen LogP contribution in [0.15, 0.2) is 35.2 Å². The van der Waals surface area contributed by atoms with Crippen molar-refractivity contribution < 1.29 is 23.4 Å². The van der Waals surface area contributed by atoms with Gasteiger partial charge in [-0.15, -0.1) is 0 Å². The molecule has 2 atom stereocenters. The van der Waals surface area contributed by atoms with Gasteiger partial charge in [-0.05, 0) is 12.1 Å². The smallest absolute Gasteiger partial charge is 0.322 e. The standard InChI is InChI=1S/C11H13NO5S/c13-8-6-10(11(14)15)12(7-8)18(16,17)9-4-2-1-3-5-9/h1-5,8,10,13H,6-7H2,(H,14,15)/t8?,10-/m0/s1. The van der Waals surface area contributed by atoms with Crippen molar-refractivity contribution in [1.82, 2.24) is 4.31 Å². The van der Waals surface area contributed by atoms with Gasteiger partial charge in [0.2, 0.25) is 10.0 Å². The van der Waals surface area contributed by atoms with E-state index in [1.54, 1.807) is 18.2 Å². The topological polar surface area (TPSA) is 94.9 Å². The lowest BCUT2D eigenvalue weighted by atomic mass is 10.2. The van der Waals surface area contributed by atoms with E-state index in [1.807, 2.05) is 0 Å². The van der Waals surface area contributed by atoms with Crippen LogP contribution in [-0.4, -0.2) is 47.6 Å². The lowest BCUT2D eigenvalue weighted by Crippen LogP contribution is -2.40. The predicted molar refractivity (Wildman–Crippen MR) is 62.4 cm³/mol. The molecule has 0 saturated carbocycles. The van der Waals surface area contributed by atoms with Gasteiger partial charge < -0.3 is 10.2 Å². The summed E-state index contributed by atoms with van der Waals surface area (Å²) in [4.78, 5) is 11.1. The van der Waals surface area contributed by atoms with Crippen LogP contribution in [0.25, 0.3) is 0 Å². The number of hydrogen-bond acceptors (Lipinski definition) is 4. The van der Waals surface area contributed by atoms with Gasteiger partial charge >= 0.3 is 5.97 Å². The van der Waals surface area contributed by atoms with E-state index in [0.29, 0.717) is 0 Å². The van der Waals surface area contributed by atoms with Crippen molar-refractivity contribution >= 4 is 16.0 Å². The summed E-state index contributed by atoms with van der Waals surface area (Å²) in [6.07, 6.45) is -1.02. The molecule has 18 heavy (non-hydrogen) atoms. The Labute approximate surface area is 105 Å². The van der Waals surface area contributed by atoms with Crippen molar-refractivity contribution in [2.24, 2.45) is 0 Å². The number of aliphatic carboxylic acids is 1. The molecule has 0 aromatic heterocycles. The molecular weight excluding hydrogens is 258 g/mol. The molecule has 0 spiro atoms. The number of carboxylic acids is 1. The monoisotopic (exact) mass is 271 g/mol. The fourth-order valence-corrected chi connectivity index (χ4v) is 3.65. The number of hydrogen-bond donors (Lipinski definition) is 2. The lowest BCUT2D eigenvalue weighted by molar-refractivity contribution is -0.140. The Morgan fingerprint density at radius 1 is 1.28 bits per heavy atom. The van der Waals surface area contributed by atoms with Crippen molar-refractivity contribution in [1.29, 1.82) is 0 Å². The highest BCUT2D eigenvalue weighted by Crippen LogP contribution is 2.26. The van der Waals surface area contributed by atoms with E-state index in [0.717, 1.165) is 4.31 Å². The number of rotatable bonds is 3. The van der Waals surface area contributed by atoms with Crippen LogP contribution in [0.1, 0.15) is 6.42 Å². The molecule has 1 aromatic rings. The van der Waals surface area contributed by atoms with Crippen LogP contribution in [0.3, 0.4) is 0 Å². The van der Waals surface area contributed by atoms with Crippen molar-refractivity contribution in [3.8, 4) is 0 Å². The molecular formula is C11H13NO5S. The molecule has 0 bridgehead atoms. The second-order valence-electron chi connectivity index (χ2n) is 4.13. The van der Waals surface area contributed by atoms with Crippen molar-refractivity contribution in [3.63, 3.8) is 0 Å². The Balaban J connectivity index is 2.38. The molecule has 7 heteroatoms. The third-order valence-electron chi connectivity index (χ3n) is 2.87. The van der Waals surface area contributed by atoms with Gasteiger partial charge in [-0.1, -0.05) is 18.2 Å². The maximum absolute atomic E-state index is 12.2. The Hall–Kier alpha value is -1.44. The zero-order chi connectivity index (χ0) is 13.3. The van der Waals surface area contributed by atoms with Gasteiger partial charge in [-0.2, -0.15) is 4.31 Å². The van der Waals surface area contributed by atoms with Crippen LogP contribution in [0.4, 0.5) is 0 Å². The van der Waals surface area contributed by atoms with Crippen molar-refractivity contribution in [2.45, 2.75) is 23.5 Å². The molecule has 0 amide bonds. The summed E-state index contributed by atoms with van der Waals surface area (Å²) in [6, 6.07) is 6.40. The van der Waals surface area contributed by atoms with Crippen LogP contribution >= 0.6 is 0 Å². The maximum Gasteiger partial charge on any atom is 0.322 e. The zero-order valence-corrected chi connectivity index (χ0v) is 10.2. The highest BCUT2D eigenvalue weighted by atomic mass is 32.2. The average Bonchev–Trinajstić information content (AvgIpc) is 2.73. The van der Waals surface area contributed by atoms with E-state index >= 15 is 0 Å². The van der Waals surface area contributed by atoms with Gasteiger partial charge in [-0.3, -0.25) is 4.79 Å². The summed E-state index contributed by atoms with van der Waals surface area (Å²) in [5.41, 5.74) is 0. The van der Waals surface area contributed by atoms with Gasteiger partial charge in [0.15, 0.2) is 0 Å². The number of β-amino-alcohol motifs (C(OH)–C–C–N with tert-alkyl or cyclic N) is 1. The molecule has 1 aliphatic heterocycles. The predicted octanol–water partition coefficient (Wildman–Crippen LogP) is -0.105. The lowest BCUT2D eigenvalue weighted by Gasteiger charge is -2.20. The Morgan fingerprint density at radius 2 is 1.89 bits per heavy atom. The molecule has 1 heterocycles. The van der Waals surface area contributed by atoms with Crippen LogP contribution in [0, 0.1) is 0 Å². The number of sulfonamides is 1. The summed E-state index contributed by atoms with van der Waals surface area (Å²) >= 11 is 0. The van der Waals surface area contributed by atoms with E-state index in [1.165, 1.54) is 12.1 Å². The fraction of sp³-hybridized carbons (Fsp3) is 0.364. The highest BCUT2D eigenvalue weighted by Gasteiger charge is 2.43. The minimum absolute atomic E-state index is 0.0327. The van der Waals surface area contributed by atoms with Crippen LogP contribution in [-0.2, 0) is 14.8 Å². The zero-order valence-electron chi connectivity index (χ0n) is 9.43. The SMILES string of the molecule is O=C(O)[C@@H]1CC(O)CN1S(=O)(=O)c1ccccc1.